The number of fused-ring (bicyclic) bond motifs is 1. The number of nitrogens with zero attached hydrogens (tertiary/aromatic N) is 3. The quantitative estimate of drug-likeness (QED) is 0.391. The lowest BCUT2D eigenvalue weighted by Gasteiger charge is -2.28. The molecule has 3 rings (SSSR count). The molecule has 8 nitrogen and oxygen atoms in total. The summed E-state index contributed by atoms with van der Waals surface area (Å²) >= 11 is 0. The molecule has 182 valence electrons. The summed E-state index contributed by atoms with van der Waals surface area (Å²) in [5.41, 5.74) is 4.66. The smallest absolute Gasteiger partial charge is 0.250 e. The van der Waals surface area contributed by atoms with Crippen molar-refractivity contribution in [3.63, 3.8) is 0 Å². The molecule has 0 aromatic heterocycles. The predicted octanol–water partition coefficient (Wildman–Crippen LogP) is 2.12. The molecular weight excluding hydrogens is 430 g/mol. The molecule has 0 radical (unpaired) electrons. The summed E-state index contributed by atoms with van der Waals surface area (Å²) in [4.78, 5) is 39.4. The Morgan fingerprint density at radius 1 is 0.971 bits per heavy atom. The number of aryl methyl sites for hydroxylation is 1. The Bertz CT molecular complexity index is 1010. The summed E-state index contributed by atoms with van der Waals surface area (Å²) in [6.07, 6.45) is 0. The molecule has 2 N–H and O–H groups in total. The predicted molar refractivity (Wildman–Crippen MR) is 133 cm³/mol. The minimum absolute atomic E-state index is 0.0235. The maximum absolute atomic E-state index is 13.1. The van der Waals surface area contributed by atoms with Crippen LogP contribution in [0.5, 0.6) is 0 Å². The van der Waals surface area contributed by atoms with Gasteiger partial charge in [0.2, 0.25) is 5.91 Å². The molecule has 0 fully saturated rings. The van der Waals surface area contributed by atoms with Gasteiger partial charge < -0.3 is 10.2 Å². The Morgan fingerprint density at radius 3 is 2.24 bits per heavy atom. The van der Waals surface area contributed by atoms with Crippen molar-refractivity contribution >= 4 is 23.3 Å². The first kappa shape index (κ1) is 25.6. The van der Waals surface area contributed by atoms with E-state index in [1.165, 1.54) is 18.1 Å². The summed E-state index contributed by atoms with van der Waals surface area (Å²) in [7, 11) is 1.76. The van der Waals surface area contributed by atoms with Gasteiger partial charge in [0.15, 0.2) is 5.78 Å². The van der Waals surface area contributed by atoms with E-state index in [9.17, 15) is 14.4 Å². The van der Waals surface area contributed by atoms with Crippen molar-refractivity contribution in [3.8, 4) is 0 Å². The number of benzene rings is 2. The highest BCUT2D eigenvalue weighted by Crippen LogP contribution is 2.24. The number of rotatable bonds is 11. The third kappa shape index (κ3) is 6.28. The van der Waals surface area contributed by atoms with E-state index in [1.807, 2.05) is 37.1 Å². The third-order valence-electron chi connectivity index (χ3n) is 6.13. The molecule has 0 saturated carbocycles. The fraction of sp³-hybridized carbons (Fsp3) is 0.423. The van der Waals surface area contributed by atoms with Gasteiger partial charge in [-0.25, -0.2) is 5.01 Å². The fourth-order valence-electron chi connectivity index (χ4n) is 4.04. The van der Waals surface area contributed by atoms with Gasteiger partial charge in [0.1, 0.15) is 0 Å². The van der Waals surface area contributed by atoms with Crippen molar-refractivity contribution in [2.45, 2.75) is 33.9 Å². The molecule has 2 amide bonds. The molecule has 8 heteroatoms. The number of Topliss-reactive ketones (excluding diaryl/α,β-unsaturated/α-hetero) is 1. The van der Waals surface area contributed by atoms with E-state index in [4.69, 9.17) is 0 Å². The highest BCUT2D eigenvalue weighted by Gasteiger charge is 2.25. The third-order valence-corrected chi connectivity index (χ3v) is 6.13. The zero-order valence-corrected chi connectivity index (χ0v) is 20.6. The monoisotopic (exact) mass is 465 g/mol. The molecule has 1 aliphatic heterocycles. The number of carbonyl (C=O) groups excluding carboxylic acids is 3. The van der Waals surface area contributed by atoms with Crippen molar-refractivity contribution in [2.75, 3.05) is 44.7 Å². The number of hydrogen-bond donors (Lipinski definition) is 2. The number of anilines is 1. The van der Waals surface area contributed by atoms with Gasteiger partial charge in [0.05, 0.1) is 13.1 Å². The first-order valence-electron chi connectivity index (χ1n) is 11.7. The van der Waals surface area contributed by atoms with Gasteiger partial charge in [-0.3, -0.25) is 24.7 Å². The number of amides is 2. The van der Waals surface area contributed by atoms with Crippen LogP contribution in [0.25, 0.3) is 0 Å². The van der Waals surface area contributed by atoms with Gasteiger partial charge in [-0.05, 0) is 43.1 Å². The molecule has 2 aromatic rings. The normalized spacial score (nSPS) is 12.9. The van der Waals surface area contributed by atoms with Crippen LogP contribution in [0.2, 0.25) is 0 Å². The van der Waals surface area contributed by atoms with Crippen LogP contribution < -0.4 is 15.5 Å². The average Bonchev–Trinajstić information content (AvgIpc) is 3.26. The maximum Gasteiger partial charge on any atom is 0.250 e. The first-order valence-corrected chi connectivity index (χ1v) is 11.7. The SMILES string of the molecule is CCNCCN(C(=O)CNCC(=O)N(C)N1Cc2ccccc2C1)c1cc(C(C)=O)ccc1C. The molecule has 1 heterocycles. The number of hydrogen-bond acceptors (Lipinski definition) is 6. The van der Waals surface area contributed by atoms with Gasteiger partial charge in [0.25, 0.3) is 5.91 Å². The first-order chi connectivity index (χ1) is 16.3. The van der Waals surface area contributed by atoms with E-state index in [0.717, 1.165) is 17.8 Å². The lowest BCUT2D eigenvalue weighted by Crippen LogP contribution is -2.47. The van der Waals surface area contributed by atoms with E-state index in [1.54, 1.807) is 29.1 Å². The van der Waals surface area contributed by atoms with Crippen LogP contribution in [0, 0.1) is 6.92 Å². The Labute approximate surface area is 201 Å². The van der Waals surface area contributed by atoms with Crippen LogP contribution in [0.15, 0.2) is 42.5 Å². The van der Waals surface area contributed by atoms with E-state index < -0.39 is 0 Å². The minimum Gasteiger partial charge on any atom is -0.315 e. The topological polar surface area (TPSA) is 85.0 Å². The standard InChI is InChI=1S/C26H35N5O3/c1-5-27-12-13-31(24-14-21(20(3)32)11-10-19(24)2)26(34)16-28-15-25(33)29(4)30-17-22-8-6-7-9-23(22)18-30/h6-11,14,27-28H,5,12-13,15-18H2,1-4H3. The summed E-state index contributed by atoms with van der Waals surface area (Å²) in [5, 5.41) is 9.87. The van der Waals surface area contributed by atoms with E-state index in [2.05, 4.69) is 22.8 Å². The lowest BCUT2D eigenvalue weighted by atomic mass is 10.1. The molecule has 0 atom stereocenters. The molecule has 0 bridgehead atoms. The van der Waals surface area contributed by atoms with Crippen molar-refractivity contribution in [2.24, 2.45) is 0 Å². The molecular formula is C26H35N5O3. The van der Waals surface area contributed by atoms with Crippen LogP contribution in [0.3, 0.4) is 0 Å². The number of ketones is 1. The number of nitrogens with one attached hydrogen (secondary N) is 2. The molecule has 34 heavy (non-hydrogen) atoms. The second kappa shape index (κ2) is 11.9. The van der Waals surface area contributed by atoms with Crippen LogP contribution in [0.4, 0.5) is 5.69 Å². The summed E-state index contributed by atoms with van der Waals surface area (Å²) < 4.78 is 0. The second-order valence-corrected chi connectivity index (χ2v) is 8.57. The maximum atomic E-state index is 13.1. The van der Waals surface area contributed by atoms with Gasteiger partial charge in [-0.15, -0.1) is 0 Å². The van der Waals surface area contributed by atoms with Gasteiger partial charge in [0, 0.05) is 44.5 Å². The zero-order chi connectivity index (χ0) is 24.7. The number of carbonyl (C=O) groups is 3. The van der Waals surface area contributed by atoms with Crippen LogP contribution >= 0.6 is 0 Å². The van der Waals surface area contributed by atoms with Crippen molar-refractivity contribution in [1.82, 2.24) is 20.7 Å². The van der Waals surface area contributed by atoms with Crippen molar-refractivity contribution in [3.05, 3.63) is 64.7 Å². The Morgan fingerprint density at radius 2 is 1.62 bits per heavy atom. The van der Waals surface area contributed by atoms with Crippen molar-refractivity contribution < 1.29 is 14.4 Å². The van der Waals surface area contributed by atoms with Crippen molar-refractivity contribution in [1.29, 1.82) is 0 Å². The highest BCUT2D eigenvalue weighted by molar-refractivity contribution is 5.99. The Hall–Kier alpha value is -3.07. The second-order valence-electron chi connectivity index (χ2n) is 8.57. The highest BCUT2D eigenvalue weighted by atomic mass is 16.2. The number of hydrazine groups is 1. The number of likely N-dealkylation sites (N-methyl/N-ethyl adjacent to an activating group) is 2. The Kier molecular flexibility index (Phi) is 8.92. The van der Waals surface area contributed by atoms with Gasteiger partial charge >= 0.3 is 0 Å². The largest absolute Gasteiger partial charge is 0.315 e. The van der Waals surface area contributed by atoms with Crippen LogP contribution in [-0.2, 0) is 22.7 Å². The van der Waals surface area contributed by atoms with Gasteiger partial charge in [-0.2, -0.15) is 0 Å². The molecule has 2 aromatic carbocycles. The van der Waals surface area contributed by atoms with E-state index >= 15 is 0 Å². The summed E-state index contributed by atoms with van der Waals surface area (Å²) in [6.45, 7) is 8.82. The molecule has 1 aliphatic rings. The molecule has 0 aliphatic carbocycles. The average molecular weight is 466 g/mol. The molecule has 0 unspecified atom stereocenters. The van der Waals surface area contributed by atoms with E-state index in [0.29, 0.717) is 31.7 Å². The zero-order valence-electron chi connectivity index (χ0n) is 20.6. The Balaban J connectivity index is 1.59. The summed E-state index contributed by atoms with van der Waals surface area (Å²) in [5.74, 6) is -0.295. The lowest BCUT2D eigenvalue weighted by molar-refractivity contribution is -0.145. The van der Waals surface area contributed by atoms with Gasteiger partial charge in [-0.1, -0.05) is 43.3 Å². The molecule has 0 spiro atoms. The fourth-order valence-corrected chi connectivity index (χ4v) is 4.04. The summed E-state index contributed by atoms with van der Waals surface area (Å²) in [6, 6.07) is 13.6. The van der Waals surface area contributed by atoms with E-state index in [-0.39, 0.29) is 30.7 Å². The molecule has 0 saturated heterocycles. The van der Waals surface area contributed by atoms with Crippen LogP contribution in [-0.4, -0.2) is 67.4 Å². The minimum atomic E-state index is -0.147. The van der Waals surface area contributed by atoms with Crippen LogP contribution in [0.1, 0.15) is 40.9 Å².